The Bertz CT molecular complexity index is 555. The molecule has 0 aromatic heterocycles. The zero-order chi connectivity index (χ0) is 15.7. The van der Waals surface area contributed by atoms with Gasteiger partial charge in [0.15, 0.2) is 0 Å². The number of ether oxygens (including phenoxy) is 1. The summed E-state index contributed by atoms with van der Waals surface area (Å²) in [6.07, 6.45) is 4.05. The van der Waals surface area contributed by atoms with E-state index in [4.69, 9.17) is 4.74 Å². The highest BCUT2D eigenvalue weighted by Crippen LogP contribution is 2.42. The van der Waals surface area contributed by atoms with Crippen LogP contribution in [0.25, 0.3) is 0 Å². The van der Waals surface area contributed by atoms with E-state index in [0.717, 1.165) is 35.7 Å². The van der Waals surface area contributed by atoms with Crippen LogP contribution < -0.4 is 0 Å². The highest BCUT2D eigenvalue weighted by Gasteiger charge is 2.53. The molecule has 0 radical (unpaired) electrons. The molecule has 0 aliphatic carbocycles. The molecule has 2 heterocycles. The zero-order valence-electron chi connectivity index (χ0n) is 13.3. The number of carbonyl (C=O) groups excluding carboxylic acids is 2. The third kappa shape index (κ3) is 2.80. The van der Waals surface area contributed by atoms with Crippen LogP contribution in [-0.2, 0) is 9.53 Å². The van der Waals surface area contributed by atoms with Crippen molar-refractivity contribution in [3.63, 3.8) is 0 Å². The van der Waals surface area contributed by atoms with Crippen LogP contribution in [0.3, 0.4) is 0 Å². The first-order valence-corrected chi connectivity index (χ1v) is 8.09. The van der Waals surface area contributed by atoms with E-state index in [-0.39, 0.29) is 17.9 Å². The molecule has 2 saturated heterocycles. The molecule has 0 spiro atoms. The van der Waals surface area contributed by atoms with Gasteiger partial charge in [-0.3, -0.25) is 9.59 Å². The van der Waals surface area contributed by atoms with Crippen LogP contribution in [0.5, 0.6) is 0 Å². The Morgan fingerprint density at radius 1 is 1.14 bits per heavy atom. The first-order chi connectivity index (χ1) is 10.5. The lowest BCUT2D eigenvalue weighted by Crippen LogP contribution is -2.60. The number of rotatable bonds is 4. The van der Waals surface area contributed by atoms with E-state index in [2.05, 4.69) is 7.05 Å². The number of ketones is 1. The van der Waals surface area contributed by atoms with Crippen LogP contribution in [0.15, 0.2) is 30.3 Å². The first-order valence-electron chi connectivity index (χ1n) is 8.09. The molecular weight excluding hydrogens is 278 g/mol. The number of benzene rings is 1. The van der Waals surface area contributed by atoms with Crippen molar-refractivity contribution in [3.8, 4) is 0 Å². The van der Waals surface area contributed by atoms with Gasteiger partial charge in [-0.2, -0.15) is 0 Å². The average molecular weight is 302 g/mol. The molecule has 2 fully saturated rings. The lowest BCUT2D eigenvalue weighted by molar-refractivity contribution is -0.941. The molecule has 2 unspecified atom stereocenters. The number of hydrogen-bond acceptors (Lipinski definition) is 3. The Kier molecular flexibility index (Phi) is 4.04. The van der Waals surface area contributed by atoms with Crippen molar-refractivity contribution in [2.24, 2.45) is 0 Å². The van der Waals surface area contributed by atoms with Crippen molar-refractivity contribution in [1.82, 2.24) is 0 Å². The van der Waals surface area contributed by atoms with Gasteiger partial charge in [0.05, 0.1) is 19.1 Å². The molecule has 2 aliphatic rings. The van der Waals surface area contributed by atoms with Crippen LogP contribution in [0.4, 0.5) is 0 Å². The van der Waals surface area contributed by atoms with E-state index >= 15 is 0 Å². The maximum Gasteiger partial charge on any atom is 0.302 e. The summed E-state index contributed by atoms with van der Waals surface area (Å²) in [7, 11) is 2.20. The zero-order valence-corrected chi connectivity index (χ0v) is 13.3. The molecule has 0 amide bonds. The number of quaternary nitrogens is 1. The predicted molar refractivity (Wildman–Crippen MR) is 83.4 cm³/mol. The van der Waals surface area contributed by atoms with Crippen molar-refractivity contribution < 1.29 is 18.8 Å². The number of Topliss-reactive ketones (excluding diaryl/α,β-unsaturated/α-hetero) is 1. The smallest absolute Gasteiger partial charge is 0.302 e. The fourth-order valence-corrected chi connectivity index (χ4v) is 4.31. The number of piperidine rings is 1. The molecule has 1 aromatic carbocycles. The maximum absolute atomic E-state index is 12.6. The Hall–Kier alpha value is -1.68. The molecule has 2 aliphatic heterocycles. The van der Waals surface area contributed by atoms with Crippen molar-refractivity contribution >= 4 is 11.8 Å². The molecule has 4 heteroatoms. The Balaban J connectivity index is 1.72. The molecule has 3 rings (SSSR count). The van der Waals surface area contributed by atoms with E-state index < -0.39 is 0 Å². The second-order valence-electron chi connectivity index (χ2n) is 6.88. The molecule has 22 heavy (non-hydrogen) atoms. The highest BCUT2D eigenvalue weighted by molar-refractivity contribution is 5.97. The van der Waals surface area contributed by atoms with Crippen LogP contribution in [-0.4, -0.2) is 48.0 Å². The minimum Gasteiger partial charge on any atom is -0.462 e. The molecule has 0 N–H and O–H groups in total. The minimum absolute atomic E-state index is 0.0352. The lowest BCUT2D eigenvalue weighted by atomic mass is 9.95. The fraction of sp³-hybridized carbons (Fsp3) is 0.556. The monoisotopic (exact) mass is 302 g/mol. The maximum atomic E-state index is 12.6. The Labute approximate surface area is 131 Å². The standard InChI is InChI=1S/C18H24NO3/c1-13(20)22-17-10-15-8-9-16(11-17)19(15,2)12-18(21)14-6-4-3-5-7-14/h3-7,15-17H,8-12H2,1-2H3/q+1. The van der Waals surface area contributed by atoms with Crippen LogP contribution in [0, 0.1) is 0 Å². The third-order valence-electron chi connectivity index (χ3n) is 5.48. The predicted octanol–water partition coefficient (Wildman–Crippen LogP) is 2.57. The van der Waals surface area contributed by atoms with Gasteiger partial charge >= 0.3 is 5.97 Å². The topological polar surface area (TPSA) is 43.4 Å². The quantitative estimate of drug-likeness (QED) is 0.488. The van der Waals surface area contributed by atoms with Gasteiger partial charge < -0.3 is 9.22 Å². The van der Waals surface area contributed by atoms with Gasteiger partial charge in [-0.15, -0.1) is 0 Å². The van der Waals surface area contributed by atoms with Crippen molar-refractivity contribution in [3.05, 3.63) is 35.9 Å². The van der Waals surface area contributed by atoms with Gasteiger partial charge in [0.25, 0.3) is 0 Å². The van der Waals surface area contributed by atoms with E-state index in [1.165, 1.54) is 6.92 Å². The summed E-state index contributed by atoms with van der Waals surface area (Å²) in [6, 6.07) is 10.4. The van der Waals surface area contributed by atoms with Gasteiger partial charge in [0, 0.05) is 38.2 Å². The van der Waals surface area contributed by atoms with Crippen molar-refractivity contribution in [2.45, 2.75) is 50.8 Å². The van der Waals surface area contributed by atoms with Crippen LogP contribution >= 0.6 is 0 Å². The van der Waals surface area contributed by atoms with Crippen LogP contribution in [0.2, 0.25) is 0 Å². The highest BCUT2D eigenvalue weighted by atomic mass is 16.5. The van der Waals surface area contributed by atoms with Crippen LogP contribution in [0.1, 0.15) is 43.0 Å². The average Bonchev–Trinajstić information content (AvgIpc) is 2.66. The molecule has 118 valence electrons. The van der Waals surface area contributed by atoms with Crippen molar-refractivity contribution in [1.29, 1.82) is 0 Å². The largest absolute Gasteiger partial charge is 0.462 e. The SMILES string of the molecule is CC(=O)OC1CC2CCC(C1)[N+]2(C)CC(=O)c1ccccc1. The molecule has 1 aromatic rings. The summed E-state index contributed by atoms with van der Waals surface area (Å²) in [5.74, 6) is 0.0202. The van der Waals surface area contributed by atoms with E-state index in [0.29, 0.717) is 18.6 Å². The molecule has 2 atom stereocenters. The van der Waals surface area contributed by atoms with E-state index in [1.54, 1.807) is 0 Å². The molecule has 0 saturated carbocycles. The van der Waals surface area contributed by atoms with E-state index in [1.807, 2.05) is 30.3 Å². The lowest BCUT2D eigenvalue weighted by Gasteiger charge is -2.46. The molecule has 2 bridgehead atoms. The summed E-state index contributed by atoms with van der Waals surface area (Å²) in [5, 5.41) is 0. The summed E-state index contributed by atoms with van der Waals surface area (Å²) in [5.41, 5.74) is 0.795. The fourth-order valence-electron chi connectivity index (χ4n) is 4.31. The van der Waals surface area contributed by atoms with Gasteiger partial charge in [-0.05, 0) is 0 Å². The Morgan fingerprint density at radius 3 is 2.27 bits per heavy atom. The summed E-state index contributed by atoms with van der Waals surface area (Å²) in [6.45, 7) is 2.02. The van der Waals surface area contributed by atoms with Crippen molar-refractivity contribution in [2.75, 3.05) is 13.6 Å². The minimum atomic E-state index is -0.194. The number of carbonyl (C=O) groups is 2. The van der Waals surface area contributed by atoms with Gasteiger partial charge in [-0.1, -0.05) is 30.3 Å². The first kappa shape index (κ1) is 15.2. The number of fused-ring (bicyclic) bond motifs is 2. The van der Waals surface area contributed by atoms with Gasteiger partial charge in [0.1, 0.15) is 12.6 Å². The number of likely N-dealkylation sites (N-methyl/N-ethyl adjacent to an activating group) is 1. The summed E-state index contributed by atoms with van der Waals surface area (Å²) in [4.78, 5) is 23.8. The number of esters is 1. The second-order valence-corrected chi connectivity index (χ2v) is 6.88. The third-order valence-corrected chi connectivity index (χ3v) is 5.48. The molecule has 4 nitrogen and oxygen atoms in total. The molecular formula is C18H24NO3+. The summed E-state index contributed by atoms with van der Waals surface area (Å²) < 4.78 is 6.23. The summed E-state index contributed by atoms with van der Waals surface area (Å²) >= 11 is 0. The second kappa shape index (κ2) is 5.84. The van der Waals surface area contributed by atoms with Gasteiger partial charge in [-0.25, -0.2) is 0 Å². The van der Waals surface area contributed by atoms with E-state index in [9.17, 15) is 9.59 Å². The normalized spacial score (nSPS) is 33.5. The number of nitrogens with zero attached hydrogens (tertiary/aromatic N) is 1. The van der Waals surface area contributed by atoms with Gasteiger partial charge in [0.2, 0.25) is 5.78 Å². The number of hydrogen-bond donors (Lipinski definition) is 0. The Morgan fingerprint density at radius 2 is 1.73 bits per heavy atom.